The van der Waals surface area contributed by atoms with Crippen LogP contribution in [-0.2, 0) is 6.54 Å². The molecule has 0 saturated heterocycles. The second kappa shape index (κ2) is 4.97. The number of rotatable bonds is 4. The molecule has 0 radical (unpaired) electrons. The molecule has 1 aliphatic carbocycles. The second-order valence-corrected chi connectivity index (χ2v) is 6.26. The Kier molecular flexibility index (Phi) is 3.28. The zero-order chi connectivity index (χ0) is 14.3. The molecule has 0 spiro atoms. The Hall–Kier alpha value is -1.77. The van der Waals surface area contributed by atoms with Crippen molar-refractivity contribution in [2.75, 3.05) is 5.73 Å². The van der Waals surface area contributed by atoms with Gasteiger partial charge in [-0.15, -0.1) is 0 Å². The van der Waals surface area contributed by atoms with Crippen LogP contribution in [0.3, 0.4) is 0 Å². The fraction of sp³-hybridized carbons (Fsp3) is 0.471. The van der Waals surface area contributed by atoms with E-state index in [4.69, 9.17) is 10.7 Å². The van der Waals surface area contributed by atoms with Crippen molar-refractivity contribution in [3.05, 3.63) is 35.7 Å². The molecule has 1 heterocycles. The van der Waals surface area contributed by atoms with Crippen LogP contribution in [0.25, 0.3) is 11.3 Å². The number of nitrogens with two attached hydrogens (primary N) is 1. The largest absolute Gasteiger partial charge is 0.383 e. The molecule has 1 aromatic heterocycles. The first-order valence-electron chi connectivity index (χ1n) is 7.49. The van der Waals surface area contributed by atoms with E-state index in [9.17, 15) is 0 Å². The fourth-order valence-corrected chi connectivity index (χ4v) is 2.84. The van der Waals surface area contributed by atoms with E-state index in [1.165, 1.54) is 24.0 Å². The molecule has 0 amide bonds. The Labute approximate surface area is 120 Å². The molecule has 2 aromatic rings. The molecule has 1 fully saturated rings. The van der Waals surface area contributed by atoms with E-state index < -0.39 is 0 Å². The van der Waals surface area contributed by atoms with Gasteiger partial charge in [-0.2, -0.15) is 0 Å². The molecule has 20 heavy (non-hydrogen) atoms. The van der Waals surface area contributed by atoms with Crippen molar-refractivity contribution in [1.29, 1.82) is 0 Å². The molecule has 106 valence electrons. The van der Waals surface area contributed by atoms with Crippen molar-refractivity contribution in [2.45, 2.75) is 46.1 Å². The third kappa shape index (κ3) is 2.33. The standard InChI is InChI=1S/C17H23N3/c1-11(2)10-20-12(3)19-16(17(20)18)15-7-5-4-6-14(15)13-8-9-13/h4-7,11,13H,8-10,18H2,1-3H3. The lowest BCUT2D eigenvalue weighted by molar-refractivity contribution is 0.518. The summed E-state index contributed by atoms with van der Waals surface area (Å²) in [5.74, 6) is 3.10. The van der Waals surface area contributed by atoms with Gasteiger partial charge in [-0.05, 0) is 37.2 Å². The molecule has 3 heteroatoms. The zero-order valence-electron chi connectivity index (χ0n) is 12.6. The number of hydrogen-bond acceptors (Lipinski definition) is 2. The summed E-state index contributed by atoms with van der Waals surface area (Å²) in [4.78, 5) is 4.74. The number of imidazole rings is 1. The van der Waals surface area contributed by atoms with Crippen molar-refractivity contribution in [2.24, 2.45) is 5.92 Å². The van der Waals surface area contributed by atoms with Gasteiger partial charge in [-0.3, -0.25) is 0 Å². The molecule has 1 saturated carbocycles. The van der Waals surface area contributed by atoms with Gasteiger partial charge in [0.1, 0.15) is 17.3 Å². The fourth-order valence-electron chi connectivity index (χ4n) is 2.84. The third-order valence-corrected chi connectivity index (χ3v) is 3.98. The first-order valence-corrected chi connectivity index (χ1v) is 7.49. The van der Waals surface area contributed by atoms with E-state index in [-0.39, 0.29) is 0 Å². The summed E-state index contributed by atoms with van der Waals surface area (Å²) in [5, 5.41) is 0. The lowest BCUT2D eigenvalue weighted by Crippen LogP contribution is -2.09. The van der Waals surface area contributed by atoms with Crippen LogP contribution < -0.4 is 5.73 Å². The van der Waals surface area contributed by atoms with E-state index in [1.54, 1.807) is 0 Å². The highest BCUT2D eigenvalue weighted by Crippen LogP contribution is 2.45. The lowest BCUT2D eigenvalue weighted by Gasteiger charge is -2.11. The minimum absolute atomic E-state index is 0.566. The van der Waals surface area contributed by atoms with Crippen molar-refractivity contribution in [3.8, 4) is 11.3 Å². The predicted molar refractivity (Wildman–Crippen MR) is 83.6 cm³/mol. The smallest absolute Gasteiger partial charge is 0.131 e. The normalized spacial score (nSPS) is 15.0. The Morgan fingerprint density at radius 3 is 2.65 bits per heavy atom. The van der Waals surface area contributed by atoms with Crippen LogP contribution in [-0.4, -0.2) is 9.55 Å². The van der Waals surface area contributed by atoms with Gasteiger partial charge in [-0.25, -0.2) is 4.98 Å². The van der Waals surface area contributed by atoms with Crippen LogP contribution in [0.1, 0.15) is 44.0 Å². The summed E-state index contributed by atoms with van der Waals surface area (Å²) in [6.07, 6.45) is 2.59. The molecular formula is C17H23N3. The first kappa shape index (κ1) is 13.2. The molecule has 1 aromatic carbocycles. The lowest BCUT2D eigenvalue weighted by atomic mass is 10.0. The summed E-state index contributed by atoms with van der Waals surface area (Å²) >= 11 is 0. The maximum atomic E-state index is 6.37. The van der Waals surface area contributed by atoms with Gasteiger partial charge in [0.25, 0.3) is 0 Å². The Morgan fingerprint density at radius 1 is 1.30 bits per heavy atom. The number of benzene rings is 1. The van der Waals surface area contributed by atoms with Crippen LogP contribution in [0, 0.1) is 12.8 Å². The molecule has 0 bridgehead atoms. The molecular weight excluding hydrogens is 246 g/mol. The minimum Gasteiger partial charge on any atom is -0.383 e. The van der Waals surface area contributed by atoms with E-state index >= 15 is 0 Å². The Bertz CT molecular complexity index is 621. The van der Waals surface area contributed by atoms with Gasteiger partial charge in [0.2, 0.25) is 0 Å². The maximum Gasteiger partial charge on any atom is 0.131 e. The van der Waals surface area contributed by atoms with Gasteiger partial charge >= 0.3 is 0 Å². The number of anilines is 1. The van der Waals surface area contributed by atoms with E-state index in [0.29, 0.717) is 11.8 Å². The quantitative estimate of drug-likeness (QED) is 0.912. The minimum atomic E-state index is 0.566. The van der Waals surface area contributed by atoms with Crippen LogP contribution in [0.4, 0.5) is 5.82 Å². The first-order chi connectivity index (χ1) is 9.58. The second-order valence-electron chi connectivity index (χ2n) is 6.26. The average molecular weight is 269 g/mol. The van der Waals surface area contributed by atoms with Crippen molar-refractivity contribution in [1.82, 2.24) is 9.55 Å². The van der Waals surface area contributed by atoms with E-state index in [1.807, 2.05) is 6.92 Å². The van der Waals surface area contributed by atoms with Gasteiger partial charge in [-0.1, -0.05) is 38.1 Å². The third-order valence-electron chi connectivity index (χ3n) is 3.98. The summed E-state index contributed by atoms with van der Waals surface area (Å²) < 4.78 is 2.14. The summed E-state index contributed by atoms with van der Waals surface area (Å²) in [5.41, 5.74) is 9.97. The highest BCUT2D eigenvalue weighted by Gasteiger charge is 2.27. The maximum absolute atomic E-state index is 6.37. The SMILES string of the molecule is Cc1nc(-c2ccccc2C2CC2)c(N)n1CC(C)C. The van der Waals surface area contributed by atoms with E-state index in [2.05, 4.69) is 42.7 Å². The Balaban J connectivity index is 2.07. The number of aryl methyl sites for hydroxylation is 1. The monoisotopic (exact) mass is 269 g/mol. The summed E-state index contributed by atoms with van der Waals surface area (Å²) in [6.45, 7) is 7.38. The van der Waals surface area contributed by atoms with Crippen molar-refractivity contribution >= 4 is 5.82 Å². The molecule has 2 N–H and O–H groups in total. The van der Waals surface area contributed by atoms with Crippen molar-refractivity contribution in [3.63, 3.8) is 0 Å². The zero-order valence-corrected chi connectivity index (χ0v) is 12.6. The highest BCUT2D eigenvalue weighted by molar-refractivity contribution is 5.74. The average Bonchev–Trinajstić information content (AvgIpc) is 3.22. The molecule has 3 rings (SSSR count). The summed E-state index contributed by atoms with van der Waals surface area (Å²) in [6, 6.07) is 8.58. The van der Waals surface area contributed by atoms with Gasteiger partial charge in [0.15, 0.2) is 0 Å². The van der Waals surface area contributed by atoms with Gasteiger partial charge in [0.05, 0.1) is 0 Å². The van der Waals surface area contributed by atoms with E-state index in [0.717, 1.165) is 23.9 Å². The van der Waals surface area contributed by atoms with Crippen molar-refractivity contribution < 1.29 is 0 Å². The molecule has 3 nitrogen and oxygen atoms in total. The highest BCUT2D eigenvalue weighted by atomic mass is 15.1. The number of nitrogen functional groups attached to an aromatic ring is 1. The predicted octanol–water partition coefficient (Wildman–Crippen LogP) is 3.97. The number of nitrogens with zero attached hydrogens (tertiary/aromatic N) is 2. The van der Waals surface area contributed by atoms with Crippen LogP contribution in [0.15, 0.2) is 24.3 Å². The molecule has 0 unspecified atom stereocenters. The van der Waals surface area contributed by atoms with Gasteiger partial charge < -0.3 is 10.3 Å². The van der Waals surface area contributed by atoms with Crippen LogP contribution >= 0.6 is 0 Å². The molecule has 0 atom stereocenters. The number of aromatic nitrogens is 2. The summed E-state index contributed by atoms with van der Waals surface area (Å²) in [7, 11) is 0. The van der Waals surface area contributed by atoms with Gasteiger partial charge in [0, 0.05) is 12.1 Å². The molecule has 1 aliphatic rings. The topological polar surface area (TPSA) is 43.8 Å². The van der Waals surface area contributed by atoms with Crippen LogP contribution in [0.2, 0.25) is 0 Å². The molecule has 0 aliphatic heterocycles. The Morgan fingerprint density at radius 2 is 2.00 bits per heavy atom. The number of hydrogen-bond donors (Lipinski definition) is 1. The van der Waals surface area contributed by atoms with Crippen LogP contribution in [0.5, 0.6) is 0 Å².